The predicted molar refractivity (Wildman–Crippen MR) is 125 cm³/mol. The first-order valence-electron chi connectivity index (χ1n) is 11.0. The van der Waals surface area contributed by atoms with Gasteiger partial charge in [0.25, 0.3) is 0 Å². The van der Waals surface area contributed by atoms with Crippen molar-refractivity contribution in [3.05, 3.63) is 64.3 Å². The van der Waals surface area contributed by atoms with Crippen LogP contribution >= 0.6 is 11.6 Å². The van der Waals surface area contributed by atoms with E-state index in [9.17, 15) is 5.21 Å². The highest BCUT2D eigenvalue weighted by Crippen LogP contribution is 2.35. The summed E-state index contributed by atoms with van der Waals surface area (Å²) in [7, 11) is 0. The van der Waals surface area contributed by atoms with Crippen molar-refractivity contribution in [1.29, 1.82) is 0 Å². The maximum atomic E-state index is 14.0. The number of nitrogens with zero attached hydrogens (tertiary/aromatic N) is 6. The molecular formula is C23H26ClN7O. The summed E-state index contributed by atoms with van der Waals surface area (Å²) < 4.78 is -0.332. The Morgan fingerprint density at radius 3 is 2.81 bits per heavy atom. The monoisotopic (exact) mass is 451 g/mol. The van der Waals surface area contributed by atoms with Crippen LogP contribution in [0.15, 0.2) is 42.9 Å². The second-order valence-corrected chi connectivity index (χ2v) is 8.93. The molecule has 5 heterocycles. The third-order valence-electron chi connectivity index (χ3n) is 6.15. The van der Waals surface area contributed by atoms with Gasteiger partial charge in [0.15, 0.2) is 0 Å². The van der Waals surface area contributed by atoms with E-state index in [0.717, 1.165) is 54.1 Å². The topological polar surface area (TPSA) is 89.9 Å². The number of rotatable bonds is 5. The molecule has 0 amide bonds. The highest BCUT2D eigenvalue weighted by molar-refractivity contribution is 6.29. The minimum atomic E-state index is -0.332. The predicted octanol–water partition coefficient (Wildman–Crippen LogP) is 4.02. The van der Waals surface area contributed by atoms with Gasteiger partial charge in [-0.05, 0) is 44.0 Å². The SMILES string of the molecule is CCNc1ncc2c(n1)N1CCCC1C[N+]([O-])(Cc1ccc(-c3ccc(Cl)nc3)nc1)C2. The van der Waals surface area contributed by atoms with Crippen molar-refractivity contribution in [3.63, 3.8) is 0 Å². The Kier molecular flexibility index (Phi) is 5.67. The number of nitrogens with one attached hydrogen (secondary N) is 1. The van der Waals surface area contributed by atoms with E-state index in [-0.39, 0.29) is 10.7 Å². The average molecular weight is 452 g/mol. The van der Waals surface area contributed by atoms with Gasteiger partial charge in [-0.15, -0.1) is 0 Å². The second kappa shape index (κ2) is 8.61. The van der Waals surface area contributed by atoms with Crippen molar-refractivity contribution in [1.82, 2.24) is 19.9 Å². The van der Waals surface area contributed by atoms with Crippen molar-refractivity contribution < 1.29 is 4.65 Å². The summed E-state index contributed by atoms with van der Waals surface area (Å²) in [5.74, 6) is 1.54. The summed E-state index contributed by atoms with van der Waals surface area (Å²) in [5, 5.41) is 17.6. The van der Waals surface area contributed by atoms with E-state index in [2.05, 4.69) is 25.2 Å². The van der Waals surface area contributed by atoms with E-state index in [0.29, 0.717) is 30.7 Å². The van der Waals surface area contributed by atoms with Crippen molar-refractivity contribution in [2.45, 2.75) is 38.9 Å². The Bertz CT molecular complexity index is 1090. The van der Waals surface area contributed by atoms with Gasteiger partial charge in [-0.25, -0.2) is 9.97 Å². The maximum Gasteiger partial charge on any atom is 0.224 e. The molecule has 3 aromatic heterocycles. The second-order valence-electron chi connectivity index (χ2n) is 8.54. The minimum Gasteiger partial charge on any atom is -0.632 e. The van der Waals surface area contributed by atoms with Crippen LogP contribution in [-0.4, -0.2) is 50.3 Å². The molecule has 2 unspecified atom stereocenters. The van der Waals surface area contributed by atoms with Crippen LogP contribution in [-0.2, 0) is 13.1 Å². The number of fused-ring (bicyclic) bond motifs is 3. The Labute approximate surface area is 192 Å². The normalized spacial score (nSPS) is 22.2. The number of anilines is 2. The molecule has 0 aliphatic carbocycles. The van der Waals surface area contributed by atoms with Crippen molar-refractivity contribution >= 4 is 23.4 Å². The number of pyridine rings is 2. The third-order valence-corrected chi connectivity index (χ3v) is 6.37. The molecule has 1 fully saturated rings. The number of halogens is 1. The van der Waals surface area contributed by atoms with Crippen LogP contribution in [0.5, 0.6) is 0 Å². The molecule has 9 heteroatoms. The number of aromatic nitrogens is 4. The first kappa shape index (κ1) is 21.1. The molecule has 2 atom stereocenters. The summed E-state index contributed by atoms with van der Waals surface area (Å²) in [4.78, 5) is 20.2. The lowest BCUT2D eigenvalue weighted by Gasteiger charge is -2.43. The lowest BCUT2D eigenvalue weighted by molar-refractivity contribution is -0.907. The summed E-state index contributed by atoms with van der Waals surface area (Å²) in [6, 6.07) is 7.76. The molecule has 5 rings (SSSR count). The summed E-state index contributed by atoms with van der Waals surface area (Å²) in [6.07, 6.45) is 7.42. The number of hydroxylamine groups is 3. The van der Waals surface area contributed by atoms with Crippen LogP contribution in [0, 0.1) is 5.21 Å². The lowest BCUT2D eigenvalue weighted by Crippen LogP contribution is -2.47. The molecule has 2 aliphatic heterocycles. The van der Waals surface area contributed by atoms with Gasteiger partial charge in [-0.2, -0.15) is 4.98 Å². The van der Waals surface area contributed by atoms with E-state index in [1.54, 1.807) is 18.5 Å². The molecule has 0 bridgehead atoms. The molecule has 3 aromatic rings. The average Bonchev–Trinajstić information content (AvgIpc) is 3.19. The standard InChI is InChI=1S/C23H26ClN7O/c1-2-25-23-28-12-18-14-31(32,15-19-4-3-9-30(19)22(18)29-23)13-16-5-7-20(26-10-16)17-6-8-21(24)27-11-17/h5-8,10-12,19H,2-4,9,13-15H2,1H3,(H,25,28,29). The molecule has 32 heavy (non-hydrogen) atoms. The van der Waals surface area contributed by atoms with E-state index in [1.165, 1.54) is 0 Å². The van der Waals surface area contributed by atoms with Gasteiger partial charge in [0.05, 0.1) is 23.8 Å². The Balaban J connectivity index is 1.40. The van der Waals surface area contributed by atoms with Crippen LogP contribution in [0.25, 0.3) is 11.3 Å². The molecule has 0 spiro atoms. The molecule has 0 aromatic carbocycles. The maximum absolute atomic E-state index is 14.0. The van der Waals surface area contributed by atoms with E-state index in [4.69, 9.17) is 16.6 Å². The van der Waals surface area contributed by atoms with Crippen molar-refractivity contribution in [2.24, 2.45) is 0 Å². The molecule has 1 saturated heterocycles. The Morgan fingerprint density at radius 2 is 2.06 bits per heavy atom. The van der Waals surface area contributed by atoms with Crippen molar-refractivity contribution in [3.8, 4) is 11.3 Å². The van der Waals surface area contributed by atoms with E-state index >= 15 is 0 Å². The van der Waals surface area contributed by atoms with Gasteiger partial charge in [0.2, 0.25) is 5.95 Å². The van der Waals surface area contributed by atoms with E-state index < -0.39 is 0 Å². The zero-order valence-electron chi connectivity index (χ0n) is 18.0. The molecule has 8 nitrogen and oxygen atoms in total. The molecule has 1 N–H and O–H groups in total. The summed E-state index contributed by atoms with van der Waals surface area (Å²) in [5.41, 5.74) is 3.54. The van der Waals surface area contributed by atoms with Gasteiger partial charge in [0, 0.05) is 42.8 Å². The van der Waals surface area contributed by atoms with Crippen LogP contribution in [0.4, 0.5) is 11.8 Å². The number of quaternary nitrogens is 1. The highest BCUT2D eigenvalue weighted by Gasteiger charge is 2.38. The first-order chi connectivity index (χ1) is 15.5. The first-order valence-corrected chi connectivity index (χ1v) is 11.4. The largest absolute Gasteiger partial charge is 0.632 e. The Morgan fingerprint density at radius 1 is 1.16 bits per heavy atom. The zero-order chi connectivity index (χ0) is 22.1. The van der Waals surface area contributed by atoms with Crippen LogP contribution < -0.4 is 10.2 Å². The van der Waals surface area contributed by atoms with Gasteiger partial charge >= 0.3 is 0 Å². The number of hydrogen-bond acceptors (Lipinski definition) is 7. The van der Waals surface area contributed by atoms with Gasteiger partial charge in [-0.3, -0.25) is 4.98 Å². The summed E-state index contributed by atoms with van der Waals surface area (Å²) in [6.45, 7) is 4.98. The van der Waals surface area contributed by atoms with Gasteiger partial charge in [0.1, 0.15) is 24.1 Å². The number of hydrogen-bond donors (Lipinski definition) is 1. The fourth-order valence-corrected chi connectivity index (χ4v) is 4.85. The Hall–Kier alpha value is -2.81. The quantitative estimate of drug-likeness (QED) is 0.356. The summed E-state index contributed by atoms with van der Waals surface area (Å²) >= 11 is 5.88. The van der Waals surface area contributed by atoms with E-state index in [1.807, 2.05) is 31.3 Å². The van der Waals surface area contributed by atoms with Gasteiger partial charge in [-0.1, -0.05) is 11.6 Å². The van der Waals surface area contributed by atoms with Crippen LogP contribution in [0.1, 0.15) is 30.9 Å². The molecule has 0 saturated carbocycles. The fourth-order valence-electron chi connectivity index (χ4n) is 4.73. The van der Waals surface area contributed by atoms with Gasteiger partial charge < -0.3 is 20.1 Å². The highest BCUT2D eigenvalue weighted by atomic mass is 35.5. The molecule has 2 aliphatic rings. The zero-order valence-corrected chi connectivity index (χ0v) is 18.8. The molecular weight excluding hydrogens is 426 g/mol. The van der Waals surface area contributed by atoms with Crippen LogP contribution in [0.2, 0.25) is 5.15 Å². The smallest absolute Gasteiger partial charge is 0.224 e. The minimum absolute atomic E-state index is 0.200. The van der Waals surface area contributed by atoms with Crippen LogP contribution in [0.3, 0.4) is 0 Å². The third kappa shape index (κ3) is 4.26. The molecule has 0 radical (unpaired) electrons. The lowest BCUT2D eigenvalue weighted by atomic mass is 10.1. The molecule has 166 valence electrons. The van der Waals surface area contributed by atoms with Crippen molar-refractivity contribution in [2.75, 3.05) is 29.9 Å². The fraction of sp³-hybridized carbons (Fsp3) is 0.391.